The second kappa shape index (κ2) is 5.83. The van der Waals surface area contributed by atoms with Gasteiger partial charge in [-0.15, -0.1) is 0 Å². The molecular weight excluding hydrogens is 206 g/mol. The zero-order chi connectivity index (χ0) is 12.1. The number of hydrogen-bond donors (Lipinski definition) is 0. The Morgan fingerprint density at radius 3 is 2.88 bits per heavy atom. The molecule has 0 radical (unpaired) electrons. The first-order valence-corrected chi connectivity index (χ1v) is 5.48. The van der Waals surface area contributed by atoms with Gasteiger partial charge in [0.15, 0.2) is 0 Å². The van der Waals surface area contributed by atoms with Crippen LogP contribution in [0, 0.1) is 11.3 Å². The molecule has 0 aliphatic carbocycles. The Labute approximate surface area is 96.6 Å². The van der Waals surface area contributed by atoms with Crippen LogP contribution in [0.4, 0.5) is 0 Å². The Balaban J connectivity index is 2.70. The highest BCUT2D eigenvalue weighted by Gasteiger charge is 2.36. The highest BCUT2D eigenvalue weighted by molar-refractivity contribution is 5.83. The molecule has 1 rings (SSSR count). The van der Waals surface area contributed by atoms with Crippen LogP contribution in [0.1, 0.15) is 13.3 Å². The summed E-state index contributed by atoms with van der Waals surface area (Å²) in [4.78, 5) is 15.9. The maximum absolute atomic E-state index is 12.1. The number of hydrogen-bond acceptors (Lipinski definition) is 4. The van der Waals surface area contributed by atoms with Crippen LogP contribution in [0.25, 0.3) is 0 Å². The van der Waals surface area contributed by atoms with E-state index in [2.05, 4.69) is 6.07 Å². The van der Waals surface area contributed by atoms with Gasteiger partial charge in [0.05, 0.1) is 19.1 Å². The lowest BCUT2D eigenvalue weighted by Crippen LogP contribution is -2.60. The number of methoxy groups -OCH3 is 1. The average molecular weight is 225 g/mol. The van der Waals surface area contributed by atoms with Gasteiger partial charge < -0.3 is 9.64 Å². The molecule has 1 fully saturated rings. The Kier molecular flexibility index (Phi) is 4.71. The number of carbonyl (C=O) groups excluding carboxylic acids is 1. The predicted molar refractivity (Wildman–Crippen MR) is 59.7 cm³/mol. The minimum atomic E-state index is -0.293. The Hall–Kier alpha value is -1.12. The third kappa shape index (κ3) is 2.71. The fourth-order valence-electron chi connectivity index (χ4n) is 2.09. The molecular formula is C11H19N3O2. The summed E-state index contributed by atoms with van der Waals surface area (Å²) in [6, 6.07) is 1.96. The standard InChI is InChI=1S/C11H19N3O2/c1-9-8-13(2)10(4-5-12)11(15)14(9)6-7-16-3/h9-10H,4,6-8H2,1-3H3. The van der Waals surface area contributed by atoms with Crippen molar-refractivity contribution in [2.45, 2.75) is 25.4 Å². The van der Waals surface area contributed by atoms with Crippen LogP contribution in [-0.4, -0.2) is 61.6 Å². The quantitative estimate of drug-likeness (QED) is 0.680. The number of carbonyl (C=O) groups is 1. The molecule has 0 N–H and O–H groups in total. The Morgan fingerprint density at radius 2 is 2.31 bits per heavy atom. The average Bonchev–Trinajstić information content (AvgIpc) is 2.24. The summed E-state index contributed by atoms with van der Waals surface area (Å²) in [5, 5.41) is 8.71. The van der Waals surface area contributed by atoms with Crippen LogP contribution in [0.5, 0.6) is 0 Å². The van der Waals surface area contributed by atoms with Crippen molar-refractivity contribution in [1.82, 2.24) is 9.80 Å². The van der Waals surface area contributed by atoms with E-state index in [1.165, 1.54) is 0 Å². The van der Waals surface area contributed by atoms with Crippen molar-refractivity contribution in [2.75, 3.05) is 33.9 Å². The van der Waals surface area contributed by atoms with E-state index in [9.17, 15) is 4.79 Å². The number of ether oxygens (including phenoxy) is 1. The topological polar surface area (TPSA) is 56.6 Å². The van der Waals surface area contributed by atoms with Gasteiger partial charge in [-0.1, -0.05) is 0 Å². The van der Waals surface area contributed by atoms with E-state index < -0.39 is 0 Å². The van der Waals surface area contributed by atoms with E-state index in [-0.39, 0.29) is 24.4 Å². The zero-order valence-electron chi connectivity index (χ0n) is 10.1. The number of nitrogens with zero attached hydrogens (tertiary/aromatic N) is 3. The van der Waals surface area contributed by atoms with Crippen molar-refractivity contribution in [3.05, 3.63) is 0 Å². The van der Waals surface area contributed by atoms with Crippen LogP contribution in [0.3, 0.4) is 0 Å². The fourth-order valence-corrected chi connectivity index (χ4v) is 2.09. The first-order chi connectivity index (χ1) is 7.61. The minimum absolute atomic E-state index is 0.0415. The molecule has 1 amide bonds. The third-order valence-electron chi connectivity index (χ3n) is 3.01. The lowest BCUT2D eigenvalue weighted by Gasteiger charge is -2.42. The van der Waals surface area contributed by atoms with E-state index in [1.54, 1.807) is 7.11 Å². The van der Waals surface area contributed by atoms with Gasteiger partial charge in [-0.05, 0) is 14.0 Å². The molecule has 0 aromatic rings. The normalized spacial score (nSPS) is 26.9. The van der Waals surface area contributed by atoms with Crippen LogP contribution < -0.4 is 0 Å². The maximum atomic E-state index is 12.1. The van der Waals surface area contributed by atoms with Crippen molar-refractivity contribution in [2.24, 2.45) is 0 Å². The third-order valence-corrected chi connectivity index (χ3v) is 3.01. The zero-order valence-corrected chi connectivity index (χ0v) is 10.1. The largest absolute Gasteiger partial charge is 0.383 e. The molecule has 0 spiro atoms. The summed E-state index contributed by atoms with van der Waals surface area (Å²) in [7, 11) is 3.52. The molecule has 2 unspecified atom stereocenters. The van der Waals surface area contributed by atoms with Gasteiger partial charge in [-0.3, -0.25) is 9.69 Å². The summed E-state index contributed by atoms with van der Waals surface area (Å²) in [5.41, 5.74) is 0. The molecule has 5 heteroatoms. The molecule has 1 heterocycles. The van der Waals surface area contributed by atoms with Crippen LogP contribution in [-0.2, 0) is 9.53 Å². The van der Waals surface area contributed by atoms with E-state index in [0.29, 0.717) is 13.2 Å². The van der Waals surface area contributed by atoms with Crippen molar-refractivity contribution in [1.29, 1.82) is 5.26 Å². The molecule has 0 saturated carbocycles. The predicted octanol–water partition coefficient (Wildman–Crippen LogP) is 0.0776. The molecule has 1 aliphatic heterocycles. The van der Waals surface area contributed by atoms with Crippen LogP contribution >= 0.6 is 0 Å². The molecule has 0 bridgehead atoms. The summed E-state index contributed by atoms with van der Waals surface area (Å²) in [6.07, 6.45) is 0.255. The molecule has 1 aliphatic rings. The van der Waals surface area contributed by atoms with E-state index >= 15 is 0 Å². The van der Waals surface area contributed by atoms with E-state index in [0.717, 1.165) is 6.54 Å². The van der Waals surface area contributed by atoms with Crippen molar-refractivity contribution >= 4 is 5.91 Å². The molecule has 2 atom stereocenters. The van der Waals surface area contributed by atoms with Crippen LogP contribution in [0.2, 0.25) is 0 Å². The number of amides is 1. The first-order valence-electron chi connectivity index (χ1n) is 5.48. The molecule has 16 heavy (non-hydrogen) atoms. The lowest BCUT2D eigenvalue weighted by atomic mass is 10.1. The monoisotopic (exact) mass is 225 g/mol. The molecule has 90 valence electrons. The fraction of sp³-hybridized carbons (Fsp3) is 0.818. The number of likely N-dealkylation sites (N-methyl/N-ethyl adjacent to an activating group) is 1. The number of piperazine rings is 1. The maximum Gasteiger partial charge on any atom is 0.241 e. The lowest BCUT2D eigenvalue weighted by molar-refractivity contribution is -0.145. The van der Waals surface area contributed by atoms with Crippen molar-refractivity contribution in [3.63, 3.8) is 0 Å². The second-order valence-electron chi connectivity index (χ2n) is 4.19. The highest BCUT2D eigenvalue weighted by Crippen LogP contribution is 2.16. The van der Waals surface area contributed by atoms with E-state index in [4.69, 9.17) is 10.00 Å². The molecule has 0 aromatic heterocycles. The number of nitriles is 1. The summed E-state index contributed by atoms with van der Waals surface area (Å²) >= 11 is 0. The Bertz CT molecular complexity index is 287. The van der Waals surface area contributed by atoms with Crippen molar-refractivity contribution in [3.8, 4) is 6.07 Å². The second-order valence-corrected chi connectivity index (χ2v) is 4.19. The smallest absolute Gasteiger partial charge is 0.241 e. The molecule has 1 saturated heterocycles. The van der Waals surface area contributed by atoms with Gasteiger partial charge in [0.2, 0.25) is 5.91 Å². The highest BCUT2D eigenvalue weighted by atomic mass is 16.5. The van der Waals surface area contributed by atoms with Gasteiger partial charge in [-0.25, -0.2) is 0 Å². The molecule has 5 nitrogen and oxygen atoms in total. The van der Waals surface area contributed by atoms with Crippen molar-refractivity contribution < 1.29 is 9.53 Å². The SMILES string of the molecule is COCCN1C(=O)C(CC#N)N(C)CC1C. The van der Waals surface area contributed by atoms with Gasteiger partial charge in [0.1, 0.15) is 6.04 Å². The Morgan fingerprint density at radius 1 is 1.62 bits per heavy atom. The minimum Gasteiger partial charge on any atom is -0.383 e. The first kappa shape index (κ1) is 12.9. The van der Waals surface area contributed by atoms with Gasteiger partial charge in [-0.2, -0.15) is 5.26 Å². The summed E-state index contributed by atoms with van der Waals surface area (Å²) in [6.45, 7) is 3.97. The number of rotatable bonds is 4. The van der Waals surface area contributed by atoms with Gasteiger partial charge >= 0.3 is 0 Å². The van der Waals surface area contributed by atoms with Gasteiger partial charge in [0, 0.05) is 26.2 Å². The van der Waals surface area contributed by atoms with E-state index in [1.807, 2.05) is 23.8 Å². The summed E-state index contributed by atoms with van der Waals surface area (Å²) in [5.74, 6) is 0.0415. The molecule has 0 aromatic carbocycles. The van der Waals surface area contributed by atoms with Gasteiger partial charge in [0.25, 0.3) is 0 Å². The van der Waals surface area contributed by atoms with Crippen LogP contribution in [0.15, 0.2) is 0 Å². The summed E-state index contributed by atoms with van der Waals surface area (Å²) < 4.78 is 4.99.